The third kappa shape index (κ3) is 4.71. The third-order valence-corrected chi connectivity index (χ3v) is 3.56. The first kappa shape index (κ1) is 16.2. The van der Waals surface area contributed by atoms with Gasteiger partial charge in [0.15, 0.2) is 0 Å². The molecule has 3 heteroatoms. The molecule has 2 rings (SSSR count). The van der Waals surface area contributed by atoms with Gasteiger partial charge < -0.3 is 10.5 Å². The van der Waals surface area contributed by atoms with Gasteiger partial charge in [-0.25, -0.2) is 0 Å². The third-order valence-electron chi connectivity index (χ3n) is 3.56. The predicted molar refractivity (Wildman–Crippen MR) is 88.6 cm³/mol. The summed E-state index contributed by atoms with van der Waals surface area (Å²) in [6.07, 6.45) is 1.07. The van der Waals surface area contributed by atoms with Crippen molar-refractivity contribution in [2.24, 2.45) is 5.73 Å². The minimum atomic E-state index is -0.323. The van der Waals surface area contributed by atoms with Crippen molar-refractivity contribution in [1.82, 2.24) is 0 Å². The highest BCUT2D eigenvalue weighted by atomic mass is 16.5. The molecule has 0 spiro atoms. The average molecular weight is 297 g/mol. The van der Waals surface area contributed by atoms with Crippen molar-refractivity contribution in [3.8, 4) is 0 Å². The van der Waals surface area contributed by atoms with Crippen molar-refractivity contribution in [3.63, 3.8) is 0 Å². The number of nitrogens with two attached hydrogens (primary N) is 1. The average Bonchev–Trinajstić information content (AvgIpc) is 2.47. The molecule has 0 aliphatic carbocycles. The molecular formula is C19H23NO2. The van der Waals surface area contributed by atoms with Gasteiger partial charge in [0, 0.05) is 6.04 Å². The Morgan fingerprint density at radius 2 is 1.82 bits per heavy atom. The van der Waals surface area contributed by atoms with Crippen molar-refractivity contribution in [2.45, 2.75) is 32.7 Å². The number of hydrogen-bond donors (Lipinski definition) is 1. The molecule has 0 bridgehead atoms. The second-order valence-electron chi connectivity index (χ2n) is 5.53. The van der Waals surface area contributed by atoms with E-state index in [0.717, 1.165) is 12.0 Å². The molecule has 0 heterocycles. The van der Waals surface area contributed by atoms with Crippen molar-refractivity contribution < 1.29 is 9.53 Å². The molecule has 0 amide bonds. The monoisotopic (exact) mass is 297 g/mol. The minimum absolute atomic E-state index is 0.210. The van der Waals surface area contributed by atoms with Crippen LogP contribution in [-0.2, 0) is 16.0 Å². The Labute approximate surface area is 132 Å². The molecule has 1 atom stereocenters. The molecule has 0 saturated carbocycles. The van der Waals surface area contributed by atoms with Gasteiger partial charge >= 0.3 is 5.97 Å². The minimum Gasteiger partial charge on any atom is -0.466 e. The van der Waals surface area contributed by atoms with Crippen LogP contribution in [0.5, 0.6) is 0 Å². The highest BCUT2D eigenvalue weighted by molar-refractivity contribution is 5.70. The van der Waals surface area contributed by atoms with Crippen LogP contribution >= 0.6 is 0 Å². The lowest BCUT2D eigenvalue weighted by atomic mass is 9.98. The maximum absolute atomic E-state index is 11.5. The molecule has 1 unspecified atom stereocenters. The highest BCUT2D eigenvalue weighted by Gasteiger charge is 2.12. The lowest BCUT2D eigenvalue weighted by Crippen LogP contribution is -2.17. The van der Waals surface area contributed by atoms with E-state index in [0.29, 0.717) is 6.61 Å². The standard InChI is InChI=1S/C19H23NO2/c1-3-22-19(21)13-18(20)17-9-5-8-16(12-17)11-15-7-4-6-14(2)10-15/h4-10,12,18H,3,11,13,20H2,1-2H3. The van der Waals surface area contributed by atoms with Crippen LogP contribution in [-0.4, -0.2) is 12.6 Å². The number of ether oxygens (including phenoxy) is 1. The number of rotatable bonds is 6. The first-order valence-corrected chi connectivity index (χ1v) is 7.64. The van der Waals surface area contributed by atoms with Gasteiger partial charge in [-0.15, -0.1) is 0 Å². The second-order valence-corrected chi connectivity index (χ2v) is 5.53. The largest absolute Gasteiger partial charge is 0.466 e. The van der Waals surface area contributed by atoms with E-state index in [1.54, 1.807) is 6.92 Å². The zero-order valence-corrected chi connectivity index (χ0v) is 13.2. The highest BCUT2D eigenvalue weighted by Crippen LogP contribution is 2.18. The molecule has 0 aromatic heterocycles. The lowest BCUT2D eigenvalue weighted by Gasteiger charge is -2.13. The van der Waals surface area contributed by atoms with Crippen LogP contribution in [0.1, 0.15) is 41.6 Å². The van der Waals surface area contributed by atoms with E-state index < -0.39 is 0 Å². The molecule has 0 fully saturated rings. The van der Waals surface area contributed by atoms with Gasteiger partial charge in [0.05, 0.1) is 13.0 Å². The number of aryl methyl sites for hydroxylation is 1. The molecular weight excluding hydrogens is 274 g/mol. The number of esters is 1. The number of hydrogen-bond acceptors (Lipinski definition) is 3. The van der Waals surface area contributed by atoms with Gasteiger partial charge in [-0.1, -0.05) is 54.1 Å². The summed E-state index contributed by atoms with van der Waals surface area (Å²) >= 11 is 0. The Bertz CT molecular complexity index is 637. The van der Waals surface area contributed by atoms with Crippen LogP contribution < -0.4 is 5.73 Å². The first-order chi connectivity index (χ1) is 10.6. The van der Waals surface area contributed by atoms with Crippen LogP contribution in [0.4, 0.5) is 0 Å². The molecule has 2 aromatic carbocycles. The molecule has 0 aliphatic rings. The smallest absolute Gasteiger partial charge is 0.307 e. The van der Waals surface area contributed by atoms with E-state index in [-0.39, 0.29) is 18.4 Å². The van der Waals surface area contributed by atoms with E-state index in [9.17, 15) is 4.79 Å². The topological polar surface area (TPSA) is 52.3 Å². The molecule has 116 valence electrons. The van der Waals surface area contributed by atoms with Gasteiger partial charge in [0.2, 0.25) is 0 Å². The summed E-state index contributed by atoms with van der Waals surface area (Å²) in [6, 6.07) is 16.3. The Hall–Kier alpha value is -2.13. The maximum atomic E-state index is 11.5. The number of carbonyl (C=O) groups is 1. The van der Waals surface area contributed by atoms with Crippen LogP contribution in [0.2, 0.25) is 0 Å². The maximum Gasteiger partial charge on any atom is 0.307 e. The van der Waals surface area contributed by atoms with Gasteiger partial charge in [0.1, 0.15) is 0 Å². The fourth-order valence-corrected chi connectivity index (χ4v) is 2.51. The van der Waals surface area contributed by atoms with E-state index in [1.807, 2.05) is 12.1 Å². The quantitative estimate of drug-likeness (QED) is 0.830. The van der Waals surface area contributed by atoms with Gasteiger partial charge in [-0.3, -0.25) is 4.79 Å². The summed E-state index contributed by atoms with van der Waals surface area (Å²) in [4.78, 5) is 11.5. The first-order valence-electron chi connectivity index (χ1n) is 7.64. The van der Waals surface area contributed by atoms with Crippen molar-refractivity contribution in [3.05, 3.63) is 70.8 Å². The number of carbonyl (C=O) groups excluding carboxylic acids is 1. The molecule has 0 saturated heterocycles. The summed E-state index contributed by atoms with van der Waals surface area (Å²) < 4.78 is 4.95. The molecule has 3 nitrogen and oxygen atoms in total. The Morgan fingerprint density at radius 3 is 2.50 bits per heavy atom. The number of benzene rings is 2. The van der Waals surface area contributed by atoms with E-state index in [1.165, 1.54) is 16.7 Å². The predicted octanol–water partition coefficient (Wildman–Crippen LogP) is 3.54. The molecule has 2 N–H and O–H groups in total. The lowest BCUT2D eigenvalue weighted by molar-refractivity contribution is -0.143. The zero-order chi connectivity index (χ0) is 15.9. The Morgan fingerprint density at radius 1 is 1.14 bits per heavy atom. The van der Waals surface area contributed by atoms with Crippen molar-refractivity contribution in [1.29, 1.82) is 0 Å². The molecule has 0 aliphatic heterocycles. The van der Waals surface area contributed by atoms with Crippen LogP contribution in [0.15, 0.2) is 48.5 Å². The van der Waals surface area contributed by atoms with Crippen molar-refractivity contribution in [2.75, 3.05) is 6.61 Å². The molecule has 22 heavy (non-hydrogen) atoms. The van der Waals surface area contributed by atoms with Crippen LogP contribution in [0.3, 0.4) is 0 Å². The summed E-state index contributed by atoms with van der Waals surface area (Å²) in [5, 5.41) is 0. The molecule has 0 radical (unpaired) electrons. The zero-order valence-electron chi connectivity index (χ0n) is 13.2. The SMILES string of the molecule is CCOC(=O)CC(N)c1cccc(Cc2cccc(C)c2)c1. The Balaban J connectivity index is 2.07. The fraction of sp³-hybridized carbons (Fsp3) is 0.316. The fourth-order valence-electron chi connectivity index (χ4n) is 2.51. The normalized spacial score (nSPS) is 12.0. The second kappa shape index (κ2) is 7.76. The van der Waals surface area contributed by atoms with E-state index in [2.05, 4.69) is 43.3 Å². The van der Waals surface area contributed by atoms with Crippen molar-refractivity contribution >= 4 is 5.97 Å². The van der Waals surface area contributed by atoms with Crippen LogP contribution in [0.25, 0.3) is 0 Å². The summed E-state index contributed by atoms with van der Waals surface area (Å²) in [5.74, 6) is -0.251. The van der Waals surface area contributed by atoms with Gasteiger partial charge in [-0.2, -0.15) is 0 Å². The van der Waals surface area contributed by atoms with Gasteiger partial charge in [0.25, 0.3) is 0 Å². The summed E-state index contributed by atoms with van der Waals surface area (Å²) in [7, 11) is 0. The van der Waals surface area contributed by atoms with Crippen LogP contribution in [0, 0.1) is 6.92 Å². The summed E-state index contributed by atoms with van der Waals surface area (Å²) in [5.41, 5.74) is 10.8. The summed E-state index contributed by atoms with van der Waals surface area (Å²) in [6.45, 7) is 4.28. The molecule has 2 aromatic rings. The van der Waals surface area contributed by atoms with E-state index in [4.69, 9.17) is 10.5 Å². The van der Waals surface area contributed by atoms with E-state index >= 15 is 0 Å². The Kier molecular flexibility index (Phi) is 5.73. The van der Waals surface area contributed by atoms with Gasteiger partial charge in [-0.05, 0) is 37.0 Å².